The second kappa shape index (κ2) is 9.41. The van der Waals surface area contributed by atoms with Crippen molar-refractivity contribution in [3.63, 3.8) is 0 Å². The Balaban J connectivity index is 2.63. The minimum absolute atomic E-state index is 0.0389. The first-order valence-corrected chi connectivity index (χ1v) is 9.29. The smallest absolute Gasteiger partial charge is 0.251 e. The van der Waals surface area contributed by atoms with Crippen LogP contribution >= 0.6 is 0 Å². The minimum Gasteiger partial charge on any atom is -0.395 e. The topological polar surface area (TPSA) is 120 Å². The molecule has 27 heavy (non-hydrogen) atoms. The molecule has 0 atom stereocenters. The van der Waals surface area contributed by atoms with E-state index in [0.717, 1.165) is 12.8 Å². The van der Waals surface area contributed by atoms with E-state index in [9.17, 15) is 19.5 Å². The van der Waals surface area contributed by atoms with Crippen molar-refractivity contribution in [2.24, 2.45) is 11.3 Å². The Morgan fingerprint density at radius 3 is 2.26 bits per heavy atom. The predicted molar refractivity (Wildman–Crippen MR) is 101 cm³/mol. The quantitative estimate of drug-likeness (QED) is 0.542. The Morgan fingerprint density at radius 1 is 1.19 bits per heavy atom. The molecule has 0 radical (unpaired) electrons. The molecular weight excluding hydrogens is 350 g/mol. The van der Waals surface area contributed by atoms with Crippen LogP contribution in [-0.2, 0) is 19.1 Å². The van der Waals surface area contributed by atoms with E-state index < -0.39 is 22.8 Å². The summed E-state index contributed by atoms with van der Waals surface area (Å²) in [7, 11) is 1.56. The normalized spacial score (nSPS) is 15.9. The first kappa shape index (κ1) is 23.2. The highest BCUT2D eigenvalue weighted by Gasteiger charge is 2.37. The van der Waals surface area contributed by atoms with E-state index >= 15 is 0 Å². The first-order chi connectivity index (χ1) is 12.4. The average molecular weight is 383 g/mol. The summed E-state index contributed by atoms with van der Waals surface area (Å²) in [4.78, 5) is 38.6. The Hall–Kier alpha value is -1.80. The zero-order valence-electron chi connectivity index (χ0n) is 17.1. The lowest BCUT2D eigenvalue weighted by Crippen LogP contribution is -2.57. The van der Waals surface area contributed by atoms with Gasteiger partial charge in [-0.1, -0.05) is 13.8 Å². The third-order valence-corrected chi connectivity index (χ3v) is 5.37. The number of ether oxygens (including phenoxy) is 1. The Morgan fingerprint density at radius 2 is 1.74 bits per heavy atom. The van der Waals surface area contributed by atoms with Crippen LogP contribution in [0.2, 0.25) is 0 Å². The van der Waals surface area contributed by atoms with Crippen LogP contribution in [0.4, 0.5) is 0 Å². The maximum absolute atomic E-state index is 12.6. The molecule has 0 unspecified atom stereocenters. The predicted octanol–water partition coefficient (Wildman–Crippen LogP) is 1.11. The van der Waals surface area contributed by atoms with E-state index in [1.54, 1.807) is 34.7 Å². The number of aliphatic hydroxyl groups excluding tert-OH is 1. The number of rotatable bonds is 8. The van der Waals surface area contributed by atoms with Crippen molar-refractivity contribution < 1.29 is 24.2 Å². The molecule has 1 fully saturated rings. The van der Waals surface area contributed by atoms with Crippen LogP contribution in [0.15, 0.2) is 0 Å². The van der Waals surface area contributed by atoms with E-state index in [4.69, 9.17) is 10.1 Å². The lowest BCUT2D eigenvalue weighted by atomic mass is 9.86. The molecule has 0 saturated carbocycles. The van der Waals surface area contributed by atoms with Gasteiger partial charge in [0, 0.05) is 37.8 Å². The molecule has 1 saturated heterocycles. The number of hydrogen-bond acceptors (Lipinski definition) is 6. The molecule has 3 N–H and O–H groups in total. The highest BCUT2D eigenvalue weighted by atomic mass is 16.5. The summed E-state index contributed by atoms with van der Waals surface area (Å²) in [6.45, 7) is 7.50. The van der Waals surface area contributed by atoms with Gasteiger partial charge < -0.3 is 20.2 Å². The lowest BCUT2D eigenvalue weighted by molar-refractivity contribution is -0.147. The lowest BCUT2D eigenvalue weighted by Gasteiger charge is -2.35. The second-order valence-corrected chi connectivity index (χ2v) is 8.35. The summed E-state index contributed by atoms with van der Waals surface area (Å²) in [5, 5.41) is 19.4. The zero-order chi connectivity index (χ0) is 20.8. The fourth-order valence-corrected chi connectivity index (χ4v) is 2.62. The molecule has 0 aliphatic carbocycles. The summed E-state index contributed by atoms with van der Waals surface area (Å²) < 4.78 is 5.30. The number of carbonyl (C=O) groups is 3. The molecule has 0 aromatic carbocycles. The minimum atomic E-state index is -1.20. The van der Waals surface area contributed by atoms with Gasteiger partial charge in [0.25, 0.3) is 5.91 Å². The van der Waals surface area contributed by atoms with Crippen LogP contribution in [0.3, 0.4) is 0 Å². The van der Waals surface area contributed by atoms with Crippen LogP contribution in [0, 0.1) is 16.7 Å². The Kier molecular flexibility index (Phi) is 8.10. The highest BCUT2D eigenvalue weighted by Crippen LogP contribution is 2.22. The van der Waals surface area contributed by atoms with E-state index in [2.05, 4.69) is 5.32 Å². The fourth-order valence-electron chi connectivity index (χ4n) is 2.62. The average Bonchev–Trinajstić information content (AvgIpc) is 2.61. The van der Waals surface area contributed by atoms with Gasteiger partial charge in [-0.15, -0.1) is 0 Å². The molecule has 0 spiro atoms. The van der Waals surface area contributed by atoms with Crippen molar-refractivity contribution in [1.82, 2.24) is 10.2 Å². The van der Waals surface area contributed by atoms with Crippen LogP contribution in [0.1, 0.15) is 53.4 Å². The molecule has 0 aromatic heterocycles. The molecule has 1 rings (SSSR count). The van der Waals surface area contributed by atoms with Crippen LogP contribution < -0.4 is 5.32 Å². The third-order valence-electron chi connectivity index (χ3n) is 5.37. The van der Waals surface area contributed by atoms with Crippen molar-refractivity contribution in [2.75, 3.05) is 26.9 Å². The molecule has 8 nitrogen and oxygen atoms in total. The van der Waals surface area contributed by atoms with Gasteiger partial charge in [-0.25, -0.2) is 0 Å². The third kappa shape index (κ3) is 6.39. The van der Waals surface area contributed by atoms with Crippen LogP contribution in [-0.4, -0.2) is 65.8 Å². The number of hydrogen-bond donors (Lipinski definition) is 3. The standard InChI is InChI=1S/C19H33N3O5/c1-18(2,12-23)14(20)11-15(24)21-17(26)19(3,4)22(5)16(25)10-13-6-8-27-9-7-13/h13,20,23H,6-12H2,1-5H3,(H,21,24,26). The zero-order valence-corrected chi connectivity index (χ0v) is 17.1. The summed E-state index contributed by atoms with van der Waals surface area (Å²) in [5.74, 6) is -1.12. The van der Waals surface area contributed by atoms with Gasteiger partial charge in [0.05, 0.1) is 13.0 Å². The number of carbonyl (C=O) groups excluding carboxylic acids is 3. The number of amides is 3. The van der Waals surface area contributed by atoms with Gasteiger partial charge in [-0.3, -0.25) is 19.7 Å². The van der Waals surface area contributed by atoms with Gasteiger partial charge in [0.15, 0.2) is 0 Å². The highest BCUT2D eigenvalue weighted by molar-refractivity contribution is 6.09. The van der Waals surface area contributed by atoms with Crippen molar-refractivity contribution >= 4 is 23.4 Å². The van der Waals surface area contributed by atoms with E-state index in [1.807, 2.05) is 0 Å². The summed E-state index contributed by atoms with van der Waals surface area (Å²) in [5.41, 5.74) is -1.99. The molecule has 154 valence electrons. The van der Waals surface area contributed by atoms with Crippen molar-refractivity contribution in [3.05, 3.63) is 0 Å². The summed E-state index contributed by atoms with van der Waals surface area (Å²) >= 11 is 0. The fraction of sp³-hybridized carbons (Fsp3) is 0.789. The van der Waals surface area contributed by atoms with Gasteiger partial charge in [0.2, 0.25) is 11.8 Å². The maximum Gasteiger partial charge on any atom is 0.251 e. The van der Waals surface area contributed by atoms with Gasteiger partial charge in [-0.2, -0.15) is 0 Å². The summed E-state index contributed by atoms with van der Waals surface area (Å²) in [6, 6.07) is 0. The molecule has 0 bridgehead atoms. The maximum atomic E-state index is 12.6. The van der Waals surface area contributed by atoms with Crippen LogP contribution in [0.5, 0.6) is 0 Å². The molecule has 0 aromatic rings. The number of likely N-dealkylation sites (N-methyl/N-ethyl adjacent to an activating group) is 1. The van der Waals surface area contributed by atoms with Gasteiger partial charge >= 0.3 is 0 Å². The van der Waals surface area contributed by atoms with Crippen LogP contribution in [0.25, 0.3) is 0 Å². The molecule has 1 aliphatic heterocycles. The molecular formula is C19H33N3O5. The Bertz CT molecular complexity index is 580. The van der Waals surface area contributed by atoms with Crippen molar-refractivity contribution in [2.45, 2.75) is 58.9 Å². The first-order valence-electron chi connectivity index (χ1n) is 9.29. The number of imide groups is 1. The summed E-state index contributed by atoms with van der Waals surface area (Å²) in [6.07, 6.45) is 1.72. The van der Waals surface area contributed by atoms with Crippen molar-refractivity contribution in [1.29, 1.82) is 5.41 Å². The monoisotopic (exact) mass is 383 g/mol. The Labute approximate surface area is 161 Å². The van der Waals surface area contributed by atoms with Gasteiger partial charge in [0.1, 0.15) is 5.54 Å². The second-order valence-electron chi connectivity index (χ2n) is 8.35. The molecule has 3 amide bonds. The van der Waals surface area contributed by atoms with Gasteiger partial charge in [-0.05, 0) is 32.6 Å². The number of aliphatic hydroxyl groups is 1. The molecule has 1 aliphatic rings. The molecule has 1 heterocycles. The van der Waals surface area contributed by atoms with E-state index in [-0.39, 0.29) is 30.6 Å². The van der Waals surface area contributed by atoms with Crippen molar-refractivity contribution in [3.8, 4) is 0 Å². The number of nitrogens with zero attached hydrogens (tertiary/aromatic N) is 1. The largest absolute Gasteiger partial charge is 0.395 e. The van der Waals surface area contributed by atoms with E-state index in [0.29, 0.717) is 19.6 Å². The molecule has 8 heteroatoms. The SMILES string of the molecule is CN(C(=O)CC1CCOCC1)C(C)(C)C(=O)NC(=O)CC(=N)C(C)(C)CO. The van der Waals surface area contributed by atoms with E-state index in [1.165, 1.54) is 4.90 Å². The number of nitrogens with one attached hydrogen (secondary N) is 2.